The van der Waals surface area contributed by atoms with Crippen molar-refractivity contribution in [3.63, 3.8) is 0 Å². The summed E-state index contributed by atoms with van der Waals surface area (Å²) in [5, 5.41) is 4.78. The zero-order valence-corrected chi connectivity index (χ0v) is 20.3. The van der Waals surface area contributed by atoms with Crippen LogP contribution in [0.3, 0.4) is 0 Å². The largest absolute Gasteiger partial charge is 0.343 e. The lowest BCUT2D eigenvalue weighted by molar-refractivity contribution is 0.221. The van der Waals surface area contributed by atoms with E-state index in [1.165, 1.54) is 18.6 Å². The molecule has 1 aliphatic heterocycles. The molecule has 2 N–H and O–H groups in total. The van der Waals surface area contributed by atoms with Gasteiger partial charge in [-0.25, -0.2) is 4.39 Å². The van der Waals surface area contributed by atoms with Gasteiger partial charge in [0.15, 0.2) is 5.11 Å². The minimum absolute atomic E-state index is 0.0930. The standard InChI is InChI=1S/C26H31FN4OS/c1-4-30-13-5-6-23(30)16-31(26(33)28-22-11-9-21(27)10-12-22)15-20-14-19-8-7-17(2)18(3)24(19)29-25(20)32/h7-12,14,23H,4-6,13,15-16H2,1-3H3,(H,28,33)(H,29,32)/t23-/m1/s1. The quantitative estimate of drug-likeness (QED) is 0.503. The molecule has 1 aliphatic rings. The van der Waals surface area contributed by atoms with Crippen molar-refractivity contribution in [3.05, 3.63) is 75.3 Å². The van der Waals surface area contributed by atoms with Crippen molar-refractivity contribution in [1.29, 1.82) is 0 Å². The second-order valence-electron chi connectivity index (χ2n) is 8.84. The number of hydrogen-bond donors (Lipinski definition) is 2. The molecule has 33 heavy (non-hydrogen) atoms. The topological polar surface area (TPSA) is 51.4 Å². The van der Waals surface area contributed by atoms with E-state index in [4.69, 9.17) is 12.2 Å². The summed E-state index contributed by atoms with van der Waals surface area (Å²) in [5.74, 6) is -0.291. The van der Waals surface area contributed by atoms with Crippen LogP contribution >= 0.6 is 12.2 Å². The van der Waals surface area contributed by atoms with Gasteiger partial charge in [-0.05, 0) is 98.8 Å². The van der Waals surface area contributed by atoms with E-state index < -0.39 is 0 Å². The molecule has 0 amide bonds. The van der Waals surface area contributed by atoms with Gasteiger partial charge in [-0.1, -0.05) is 19.1 Å². The van der Waals surface area contributed by atoms with Crippen LogP contribution in [0.25, 0.3) is 10.9 Å². The van der Waals surface area contributed by atoms with E-state index >= 15 is 0 Å². The Morgan fingerprint density at radius 3 is 2.73 bits per heavy atom. The van der Waals surface area contributed by atoms with E-state index in [2.05, 4.69) is 33.1 Å². The maximum Gasteiger partial charge on any atom is 0.253 e. The zero-order valence-electron chi connectivity index (χ0n) is 19.5. The van der Waals surface area contributed by atoms with Gasteiger partial charge < -0.3 is 15.2 Å². The molecular weight excluding hydrogens is 435 g/mol. The van der Waals surface area contributed by atoms with Gasteiger partial charge in [0.1, 0.15) is 5.82 Å². The second-order valence-corrected chi connectivity index (χ2v) is 9.22. The third-order valence-electron chi connectivity index (χ3n) is 6.71. The van der Waals surface area contributed by atoms with E-state index in [-0.39, 0.29) is 11.4 Å². The van der Waals surface area contributed by atoms with Gasteiger partial charge in [-0.15, -0.1) is 0 Å². The highest BCUT2D eigenvalue weighted by molar-refractivity contribution is 7.80. The van der Waals surface area contributed by atoms with Crippen LogP contribution in [-0.2, 0) is 6.54 Å². The number of halogens is 1. The number of anilines is 1. The first-order chi connectivity index (χ1) is 15.9. The average molecular weight is 467 g/mol. The molecular formula is C26H31FN4OS. The molecule has 4 rings (SSSR count). The Morgan fingerprint density at radius 1 is 1.24 bits per heavy atom. The van der Waals surface area contributed by atoms with E-state index in [1.54, 1.807) is 12.1 Å². The van der Waals surface area contributed by atoms with Crippen molar-refractivity contribution in [3.8, 4) is 0 Å². The van der Waals surface area contributed by atoms with Gasteiger partial charge >= 0.3 is 0 Å². The predicted octanol–water partition coefficient (Wildman–Crippen LogP) is 4.97. The fourth-order valence-corrected chi connectivity index (χ4v) is 4.88. The number of aromatic nitrogens is 1. The molecule has 5 nitrogen and oxygen atoms in total. The summed E-state index contributed by atoms with van der Waals surface area (Å²) in [7, 11) is 0. The first-order valence-corrected chi connectivity index (χ1v) is 11.9. The summed E-state index contributed by atoms with van der Waals surface area (Å²) in [6.07, 6.45) is 2.27. The Labute approximate surface area is 199 Å². The van der Waals surface area contributed by atoms with Crippen LogP contribution in [-0.4, -0.2) is 45.6 Å². The van der Waals surface area contributed by atoms with Crippen LogP contribution < -0.4 is 10.9 Å². The molecule has 0 unspecified atom stereocenters. The fourth-order valence-electron chi connectivity index (χ4n) is 4.62. The zero-order chi connectivity index (χ0) is 23.5. The number of H-pyrrole nitrogens is 1. The Kier molecular flexibility index (Phi) is 7.10. The van der Waals surface area contributed by atoms with E-state index in [1.807, 2.05) is 26.0 Å². The SMILES string of the molecule is CCN1CCC[C@@H]1CN(Cc1cc2ccc(C)c(C)c2[nH]c1=O)C(=S)Nc1ccc(F)cc1. The number of aromatic amines is 1. The first kappa shape index (κ1) is 23.4. The Morgan fingerprint density at radius 2 is 2.00 bits per heavy atom. The first-order valence-electron chi connectivity index (χ1n) is 11.5. The molecule has 7 heteroatoms. The molecule has 1 atom stereocenters. The van der Waals surface area contributed by atoms with Gasteiger partial charge in [0.05, 0.1) is 12.1 Å². The Balaban J connectivity index is 1.63. The van der Waals surface area contributed by atoms with Gasteiger partial charge in [0.2, 0.25) is 0 Å². The van der Waals surface area contributed by atoms with Crippen LogP contribution in [0.2, 0.25) is 0 Å². The minimum atomic E-state index is -0.291. The third kappa shape index (κ3) is 5.25. The number of pyridine rings is 1. The lowest BCUT2D eigenvalue weighted by atomic mass is 10.0. The van der Waals surface area contributed by atoms with Gasteiger partial charge in [-0.3, -0.25) is 9.69 Å². The number of likely N-dealkylation sites (N-methyl/N-ethyl adjacent to an activating group) is 1. The molecule has 0 bridgehead atoms. The van der Waals surface area contributed by atoms with Crippen molar-refractivity contribution < 1.29 is 4.39 Å². The van der Waals surface area contributed by atoms with E-state index in [0.29, 0.717) is 23.3 Å². The van der Waals surface area contributed by atoms with Gasteiger partial charge in [-0.2, -0.15) is 0 Å². The molecule has 1 aromatic heterocycles. The molecule has 0 saturated carbocycles. The second kappa shape index (κ2) is 10.0. The summed E-state index contributed by atoms with van der Waals surface area (Å²) in [5.41, 5.74) is 4.43. The maximum atomic E-state index is 13.3. The summed E-state index contributed by atoms with van der Waals surface area (Å²) >= 11 is 5.77. The van der Waals surface area contributed by atoms with Crippen molar-refractivity contribution in [2.75, 3.05) is 25.0 Å². The summed E-state index contributed by atoms with van der Waals surface area (Å²) in [6, 6.07) is 12.6. The molecule has 2 heterocycles. The van der Waals surface area contributed by atoms with Gasteiger partial charge in [0, 0.05) is 23.8 Å². The van der Waals surface area contributed by atoms with Crippen LogP contribution in [0.15, 0.2) is 47.3 Å². The van der Waals surface area contributed by atoms with E-state index in [9.17, 15) is 9.18 Å². The Bertz CT molecular complexity index is 1210. The number of thiocarbonyl (C=S) groups is 1. The molecule has 3 aromatic rings. The predicted molar refractivity (Wildman–Crippen MR) is 137 cm³/mol. The fraction of sp³-hybridized carbons (Fsp3) is 0.385. The number of likely N-dealkylation sites (tertiary alicyclic amines) is 1. The lowest BCUT2D eigenvalue weighted by Crippen LogP contribution is -2.44. The number of nitrogens with one attached hydrogen (secondary N) is 2. The number of benzene rings is 2. The molecule has 0 spiro atoms. The van der Waals surface area contributed by atoms with Crippen LogP contribution in [0.1, 0.15) is 36.5 Å². The summed E-state index contributed by atoms with van der Waals surface area (Å²) < 4.78 is 13.3. The van der Waals surface area contributed by atoms with Crippen molar-refractivity contribution in [2.45, 2.75) is 46.2 Å². The van der Waals surface area contributed by atoms with Crippen molar-refractivity contribution in [1.82, 2.24) is 14.8 Å². The summed E-state index contributed by atoms with van der Waals surface area (Å²) in [4.78, 5) is 20.6. The molecule has 1 saturated heterocycles. The van der Waals surface area contributed by atoms with Crippen LogP contribution in [0, 0.1) is 19.7 Å². The number of nitrogens with zero attached hydrogens (tertiary/aromatic N) is 2. The number of fused-ring (bicyclic) bond motifs is 1. The highest BCUT2D eigenvalue weighted by atomic mass is 32.1. The number of hydrogen-bond acceptors (Lipinski definition) is 3. The molecule has 174 valence electrons. The monoisotopic (exact) mass is 466 g/mol. The van der Waals surface area contributed by atoms with Crippen molar-refractivity contribution >= 4 is 33.9 Å². The van der Waals surface area contributed by atoms with Gasteiger partial charge in [0.25, 0.3) is 5.56 Å². The minimum Gasteiger partial charge on any atom is -0.343 e. The molecule has 0 aliphatic carbocycles. The van der Waals surface area contributed by atoms with E-state index in [0.717, 1.165) is 53.8 Å². The molecule has 0 radical (unpaired) electrons. The average Bonchev–Trinajstić information content (AvgIpc) is 3.25. The lowest BCUT2D eigenvalue weighted by Gasteiger charge is -2.32. The Hall–Kier alpha value is -2.77. The maximum absolute atomic E-state index is 13.3. The number of aryl methyl sites for hydroxylation is 2. The molecule has 2 aromatic carbocycles. The highest BCUT2D eigenvalue weighted by Gasteiger charge is 2.26. The third-order valence-corrected chi connectivity index (χ3v) is 7.07. The smallest absolute Gasteiger partial charge is 0.253 e. The number of rotatable bonds is 6. The molecule has 1 fully saturated rings. The van der Waals surface area contributed by atoms with Crippen LogP contribution in [0.4, 0.5) is 10.1 Å². The summed E-state index contributed by atoms with van der Waals surface area (Å²) in [6.45, 7) is 9.46. The van der Waals surface area contributed by atoms with Crippen LogP contribution in [0.5, 0.6) is 0 Å². The highest BCUT2D eigenvalue weighted by Crippen LogP contribution is 2.22. The normalized spacial score (nSPS) is 16.3. The van der Waals surface area contributed by atoms with Crippen molar-refractivity contribution in [2.24, 2.45) is 0 Å².